The van der Waals surface area contributed by atoms with Gasteiger partial charge in [-0.25, -0.2) is 9.78 Å². The Morgan fingerprint density at radius 2 is 2.04 bits per heavy atom. The second kappa shape index (κ2) is 7.68. The third kappa shape index (κ3) is 7.36. The number of rotatable bonds is 4. The van der Waals surface area contributed by atoms with Gasteiger partial charge in [0, 0.05) is 18.3 Å². The van der Waals surface area contributed by atoms with Crippen LogP contribution in [0.15, 0.2) is 18.3 Å². The normalized spacial score (nSPS) is 12.5. The molecule has 1 aromatic heterocycles. The lowest BCUT2D eigenvalue weighted by Crippen LogP contribution is -2.32. The van der Waals surface area contributed by atoms with Crippen LogP contribution in [-0.2, 0) is 10.9 Å². The number of halogens is 4. The number of carbonyl (C=O) groups is 1. The minimum atomic E-state index is -4.47. The van der Waals surface area contributed by atoms with Gasteiger partial charge in [-0.05, 0) is 33.3 Å². The Hall–Kier alpha value is -1.76. The van der Waals surface area contributed by atoms with Crippen LogP contribution in [0.1, 0.15) is 38.3 Å². The first-order chi connectivity index (χ1) is 10.5. The molecule has 4 nitrogen and oxygen atoms in total. The predicted molar refractivity (Wildman–Crippen MR) is 82.1 cm³/mol. The van der Waals surface area contributed by atoms with Crippen LogP contribution in [0.25, 0.3) is 6.08 Å². The molecule has 0 aliphatic heterocycles. The van der Waals surface area contributed by atoms with E-state index in [0.717, 1.165) is 6.07 Å². The summed E-state index contributed by atoms with van der Waals surface area (Å²) in [5.41, 5.74) is -1.29. The van der Waals surface area contributed by atoms with Gasteiger partial charge in [-0.1, -0.05) is 23.8 Å². The monoisotopic (exact) mass is 350 g/mol. The van der Waals surface area contributed by atoms with Crippen molar-refractivity contribution in [2.75, 3.05) is 6.54 Å². The third-order valence-corrected chi connectivity index (χ3v) is 2.79. The number of nitrogens with one attached hydrogen (secondary N) is 1. The molecule has 0 unspecified atom stereocenters. The van der Waals surface area contributed by atoms with Crippen LogP contribution in [0.4, 0.5) is 18.0 Å². The second-order valence-electron chi connectivity index (χ2n) is 5.72. The number of aromatic nitrogens is 1. The highest BCUT2D eigenvalue weighted by atomic mass is 35.5. The molecule has 0 saturated heterocycles. The molecule has 0 aromatic carbocycles. The molecule has 0 atom stereocenters. The fourth-order valence-electron chi connectivity index (χ4n) is 1.52. The number of alkyl halides is 3. The van der Waals surface area contributed by atoms with E-state index in [1.807, 2.05) is 0 Å². The van der Waals surface area contributed by atoms with E-state index in [-0.39, 0.29) is 17.3 Å². The van der Waals surface area contributed by atoms with E-state index in [9.17, 15) is 18.0 Å². The number of amides is 1. The summed E-state index contributed by atoms with van der Waals surface area (Å²) in [5, 5.41) is 2.52. The molecule has 8 heteroatoms. The van der Waals surface area contributed by atoms with Gasteiger partial charge in [-0.15, -0.1) is 0 Å². The van der Waals surface area contributed by atoms with Gasteiger partial charge < -0.3 is 10.1 Å². The minimum Gasteiger partial charge on any atom is -0.444 e. The first-order valence-electron chi connectivity index (χ1n) is 6.85. The van der Waals surface area contributed by atoms with E-state index < -0.39 is 23.4 Å². The van der Waals surface area contributed by atoms with Crippen molar-refractivity contribution in [2.24, 2.45) is 0 Å². The summed E-state index contributed by atoms with van der Waals surface area (Å²) in [6.07, 6.45) is -0.903. The van der Waals surface area contributed by atoms with Gasteiger partial charge in [0.2, 0.25) is 0 Å². The highest BCUT2D eigenvalue weighted by molar-refractivity contribution is 6.30. The quantitative estimate of drug-likeness (QED) is 0.633. The van der Waals surface area contributed by atoms with E-state index in [1.165, 1.54) is 6.08 Å². The van der Waals surface area contributed by atoms with Crippen LogP contribution in [0.3, 0.4) is 0 Å². The lowest BCUT2D eigenvalue weighted by Gasteiger charge is -2.19. The summed E-state index contributed by atoms with van der Waals surface area (Å²) in [6.45, 7) is 5.52. The Balaban J connectivity index is 2.54. The maximum absolute atomic E-state index is 12.6. The molecule has 1 aromatic rings. The van der Waals surface area contributed by atoms with Gasteiger partial charge in [-0.3, -0.25) is 0 Å². The molecule has 0 aliphatic rings. The van der Waals surface area contributed by atoms with Gasteiger partial charge in [0.25, 0.3) is 0 Å². The summed E-state index contributed by atoms with van der Waals surface area (Å²) in [5.74, 6) is 0. The number of hydrogen-bond acceptors (Lipinski definition) is 3. The van der Waals surface area contributed by atoms with E-state index in [4.69, 9.17) is 16.3 Å². The molecule has 0 fully saturated rings. The molecule has 1 rings (SSSR count). The zero-order chi connectivity index (χ0) is 17.7. The van der Waals surface area contributed by atoms with Crippen molar-refractivity contribution in [1.82, 2.24) is 10.3 Å². The first kappa shape index (κ1) is 19.3. The van der Waals surface area contributed by atoms with Gasteiger partial charge in [-0.2, -0.15) is 13.2 Å². The highest BCUT2D eigenvalue weighted by Gasteiger charge is 2.31. The summed E-state index contributed by atoms with van der Waals surface area (Å²) in [4.78, 5) is 14.9. The Kier molecular flexibility index (Phi) is 6.44. The van der Waals surface area contributed by atoms with Crippen molar-refractivity contribution in [3.63, 3.8) is 0 Å². The average Bonchev–Trinajstić information content (AvgIpc) is 2.36. The lowest BCUT2D eigenvalue weighted by atomic mass is 10.2. The fraction of sp³-hybridized carbons (Fsp3) is 0.467. The number of carbonyl (C=O) groups excluding carboxylic acids is 1. The number of nitrogens with zero attached hydrogens (tertiary/aromatic N) is 1. The molecular weight excluding hydrogens is 333 g/mol. The SMILES string of the molecule is CC(C)(C)OC(=O)NCCC=Cc1cc(C(F)(F)F)cnc1Cl. The molecule has 0 bridgehead atoms. The smallest absolute Gasteiger partial charge is 0.417 e. The van der Waals surface area contributed by atoms with Gasteiger partial charge in [0.15, 0.2) is 0 Å². The molecule has 0 saturated carbocycles. The van der Waals surface area contributed by atoms with Crippen LogP contribution in [0.2, 0.25) is 5.15 Å². The van der Waals surface area contributed by atoms with Crippen LogP contribution in [0.5, 0.6) is 0 Å². The van der Waals surface area contributed by atoms with Crippen LogP contribution in [-0.4, -0.2) is 23.2 Å². The summed E-state index contributed by atoms with van der Waals surface area (Å²) in [6, 6.07) is 0.924. The van der Waals surface area contributed by atoms with Gasteiger partial charge in [0.05, 0.1) is 5.56 Å². The maximum atomic E-state index is 12.6. The van der Waals surface area contributed by atoms with Crippen LogP contribution < -0.4 is 5.32 Å². The van der Waals surface area contributed by atoms with Crippen molar-refractivity contribution < 1.29 is 22.7 Å². The Bertz CT molecular complexity index is 581. The predicted octanol–water partition coefficient (Wildman–Crippen LogP) is 4.68. The van der Waals surface area contributed by atoms with Crippen molar-refractivity contribution >= 4 is 23.8 Å². The molecule has 1 heterocycles. The molecule has 1 amide bonds. The number of pyridine rings is 1. The van der Waals surface area contributed by atoms with E-state index in [0.29, 0.717) is 12.6 Å². The summed E-state index contributed by atoms with van der Waals surface area (Å²) < 4.78 is 42.8. The first-order valence-corrected chi connectivity index (χ1v) is 7.23. The molecule has 0 aliphatic carbocycles. The van der Waals surface area contributed by atoms with Gasteiger partial charge in [0.1, 0.15) is 10.8 Å². The van der Waals surface area contributed by atoms with E-state index >= 15 is 0 Å². The van der Waals surface area contributed by atoms with Crippen molar-refractivity contribution in [2.45, 2.75) is 39.0 Å². The zero-order valence-electron chi connectivity index (χ0n) is 13.0. The molecule has 128 valence electrons. The molecule has 0 radical (unpaired) electrons. The fourth-order valence-corrected chi connectivity index (χ4v) is 1.69. The molecule has 1 N–H and O–H groups in total. The van der Waals surface area contributed by atoms with Crippen LogP contribution in [0, 0.1) is 0 Å². The Labute approximate surface area is 137 Å². The number of ether oxygens (including phenoxy) is 1. The zero-order valence-corrected chi connectivity index (χ0v) is 13.8. The second-order valence-corrected chi connectivity index (χ2v) is 6.08. The number of alkyl carbamates (subject to hydrolysis) is 1. The number of hydrogen-bond donors (Lipinski definition) is 1. The minimum absolute atomic E-state index is 0.0191. The molecule has 0 spiro atoms. The lowest BCUT2D eigenvalue weighted by molar-refractivity contribution is -0.137. The summed E-state index contributed by atoms with van der Waals surface area (Å²) in [7, 11) is 0. The van der Waals surface area contributed by atoms with E-state index in [2.05, 4.69) is 10.3 Å². The van der Waals surface area contributed by atoms with Crippen molar-refractivity contribution in [3.8, 4) is 0 Å². The average molecular weight is 351 g/mol. The third-order valence-electron chi connectivity index (χ3n) is 2.47. The largest absolute Gasteiger partial charge is 0.444 e. The maximum Gasteiger partial charge on any atom is 0.417 e. The topological polar surface area (TPSA) is 51.2 Å². The van der Waals surface area contributed by atoms with Gasteiger partial charge >= 0.3 is 12.3 Å². The summed E-state index contributed by atoms with van der Waals surface area (Å²) >= 11 is 5.76. The standard InChI is InChI=1S/C15H18ClF3N2O2/c1-14(2,3)23-13(22)20-7-5-4-6-10-8-11(15(17,18)19)9-21-12(10)16/h4,6,8-9H,5,7H2,1-3H3,(H,20,22). The molecule has 23 heavy (non-hydrogen) atoms. The van der Waals surface area contributed by atoms with Crippen molar-refractivity contribution in [1.29, 1.82) is 0 Å². The van der Waals surface area contributed by atoms with Crippen LogP contribution >= 0.6 is 11.6 Å². The van der Waals surface area contributed by atoms with Crippen molar-refractivity contribution in [3.05, 3.63) is 34.6 Å². The van der Waals surface area contributed by atoms with E-state index in [1.54, 1.807) is 26.8 Å². The Morgan fingerprint density at radius 1 is 1.39 bits per heavy atom. The highest BCUT2D eigenvalue weighted by Crippen LogP contribution is 2.30. The molecular formula is C15H18ClF3N2O2. The Morgan fingerprint density at radius 3 is 2.61 bits per heavy atom.